The molecule has 1 aliphatic heterocycles. The molecule has 0 bridgehead atoms. The van der Waals surface area contributed by atoms with E-state index in [1.54, 1.807) is 0 Å². The number of rotatable bonds is 5. The minimum absolute atomic E-state index is 0.217. The second-order valence-corrected chi connectivity index (χ2v) is 7.07. The topological polar surface area (TPSA) is 74.2 Å². The Hall–Kier alpha value is -2.44. The molecule has 1 unspecified atom stereocenters. The molecule has 2 N–H and O–H groups in total. The average Bonchev–Trinajstić information content (AvgIpc) is 3.03. The van der Waals surface area contributed by atoms with E-state index in [0.29, 0.717) is 11.6 Å². The Labute approximate surface area is 152 Å². The summed E-state index contributed by atoms with van der Waals surface area (Å²) in [4.78, 5) is 20.7. The van der Waals surface area contributed by atoms with Crippen LogP contribution in [0.4, 0.5) is 0 Å². The van der Waals surface area contributed by atoms with Gasteiger partial charge in [-0.1, -0.05) is 12.1 Å². The molecule has 1 fully saturated rings. The van der Waals surface area contributed by atoms with Crippen molar-refractivity contribution < 1.29 is 4.42 Å². The maximum Gasteiger partial charge on any atom is 0.417 e. The molecule has 6 nitrogen and oxygen atoms in total. The minimum atomic E-state index is -0.404. The molecule has 1 aromatic carbocycles. The van der Waals surface area contributed by atoms with Crippen LogP contribution in [0.5, 0.6) is 0 Å². The highest BCUT2D eigenvalue weighted by Crippen LogP contribution is 2.21. The van der Waals surface area contributed by atoms with Gasteiger partial charge >= 0.3 is 5.76 Å². The fraction of sp³-hybridized carbons (Fsp3) is 0.400. The summed E-state index contributed by atoms with van der Waals surface area (Å²) in [6.07, 6.45) is 6.02. The van der Waals surface area contributed by atoms with Gasteiger partial charge in [0.05, 0.1) is 5.52 Å². The summed E-state index contributed by atoms with van der Waals surface area (Å²) in [6.45, 7) is 5.31. The molecule has 1 atom stereocenters. The number of aromatic nitrogens is 2. The Bertz CT molecular complexity index is 910. The number of hydrogen-bond donors (Lipinski definition) is 2. The van der Waals surface area contributed by atoms with Crippen molar-refractivity contribution in [1.82, 2.24) is 20.2 Å². The van der Waals surface area contributed by atoms with Gasteiger partial charge in [0.1, 0.15) is 0 Å². The van der Waals surface area contributed by atoms with Crippen LogP contribution in [0.25, 0.3) is 11.1 Å². The van der Waals surface area contributed by atoms with Gasteiger partial charge in [0.15, 0.2) is 5.58 Å². The number of piperidine rings is 1. The third-order valence-corrected chi connectivity index (χ3v) is 5.15. The number of pyridine rings is 1. The quantitative estimate of drug-likeness (QED) is 0.739. The van der Waals surface area contributed by atoms with Crippen LogP contribution in [0.3, 0.4) is 0 Å². The molecule has 0 spiro atoms. The third-order valence-electron chi connectivity index (χ3n) is 5.15. The standard InChI is InChI=1S/C20H24N4O2/c1-14(16-4-5-18-19(11-16)26-20(25)23-18)22-17-6-9-24(10-7-17)13-15-3-2-8-21-12-15/h2-5,8,11-12,14,17,22H,6-7,9-10,13H2,1H3,(H,23,25). The Balaban J connectivity index is 1.32. The second kappa shape index (κ2) is 7.43. The van der Waals surface area contributed by atoms with Crippen LogP contribution >= 0.6 is 0 Å². The van der Waals surface area contributed by atoms with Crippen molar-refractivity contribution in [1.29, 1.82) is 0 Å². The first kappa shape index (κ1) is 17.0. The molecular formula is C20H24N4O2. The summed E-state index contributed by atoms with van der Waals surface area (Å²) < 4.78 is 5.17. The molecule has 3 aromatic rings. The van der Waals surface area contributed by atoms with Crippen molar-refractivity contribution in [2.45, 2.75) is 38.4 Å². The SMILES string of the molecule is CC(NC1CCN(Cc2cccnc2)CC1)c1ccc2[nH]c(=O)oc2c1. The number of nitrogens with zero attached hydrogens (tertiary/aromatic N) is 2. The predicted octanol–water partition coefficient (Wildman–Crippen LogP) is 2.83. The molecule has 0 saturated carbocycles. The van der Waals surface area contributed by atoms with Crippen LogP contribution in [-0.4, -0.2) is 34.0 Å². The number of nitrogens with one attached hydrogen (secondary N) is 2. The fourth-order valence-electron chi connectivity index (χ4n) is 3.69. The van der Waals surface area contributed by atoms with Gasteiger partial charge in [0, 0.05) is 31.0 Å². The van der Waals surface area contributed by atoms with E-state index in [4.69, 9.17) is 4.42 Å². The Morgan fingerprint density at radius 3 is 2.96 bits per heavy atom. The lowest BCUT2D eigenvalue weighted by Gasteiger charge is -2.34. The van der Waals surface area contributed by atoms with Crippen molar-refractivity contribution in [2.75, 3.05) is 13.1 Å². The van der Waals surface area contributed by atoms with Crippen LogP contribution in [0.2, 0.25) is 0 Å². The minimum Gasteiger partial charge on any atom is -0.408 e. The van der Waals surface area contributed by atoms with E-state index in [-0.39, 0.29) is 6.04 Å². The summed E-state index contributed by atoms with van der Waals surface area (Å²) in [6, 6.07) is 10.7. The molecule has 3 heterocycles. The van der Waals surface area contributed by atoms with Gasteiger partial charge in [-0.25, -0.2) is 4.79 Å². The first-order chi connectivity index (χ1) is 12.7. The van der Waals surface area contributed by atoms with Crippen molar-refractivity contribution in [3.05, 3.63) is 64.4 Å². The number of fused-ring (bicyclic) bond motifs is 1. The van der Waals surface area contributed by atoms with E-state index in [9.17, 15) is 4.79 Å². The number of H-pyrrole nitrogens is 1. The molecule has 1 saturated heterocycles. The zero-order valence-electron chi connectivity index (χ0n) is 14.9. The van der Waals surface area contributed by atoms with Crippen molar-refractivity contribution >= 4 is 11.1 Å². The highest BCUT2D eigenvalue weighted by atomic mass is 16.4. The van der Waals surface area contributed by atoms with E-state index in [1.165, 1.54) is 5.56 Å². The maximum absolute atomic E-state index is 11.3. The van der Waals surface area contributed by atoms with E-state index in [1.807, 2.05) is 36.7 Å². The molecule has 136 valence electrons. The first-order valence-corrected chi connectivity index (χ1v) is 9.17. The Morgan fingerprint density at radius 1 is 1.35 bits per heavy atom. The lowest BCUT2D eigenvalue weighted by Crippen LogP contribution is -2.42. The zero-order valence-corrected chi connectivity index (χ0v) is 14.9. The summed E-state index contributed by atoms with van der Waals surface area (Å²) in [5.41, 5.74) is 3.77. The number of likely N-dealkylation sites (tertiary alicyclic amines) is 1. The highest BCUT2D eigenvalue weighted by Gasteiger charge is 2.21. The second-order valence-electron chi connectivity index (χ2n) is 7.07. The molecule has 1 aliphatic rings. The number of hydrogen-bond acceptors (Lipinski definition) is 5. The summed E-state index contributed by atoms with van der Waals surface area (Å²) in [5.74, 6) is -0.404. The summed E-state index contributed by atoms with van der Waals surface area (Å²) >= 11 is 0. The van der Waals surface area contributed by atoms with Gasteiger partial charge in [-0.05, 0) is 62.2 Å². The summed E-state index contributed by atoms with van der Waals surface area (Å²) in [7, 11) is 0. The average molecular weight is 352 g/mol. The van der Waals surface area contributed by atoms with Crippen LogP contribution in [0.15, 0.2) is 51.9 Å². The fourth-order valence-corrected chi connectivity index (χ4v) is 3.69. The Kier molecular flexibility index (Phi) is 4.86. The maximum atomic E-state index is 11.3. The van der Waals surface area contributed by atoms with Crippen molar-refractivity contribution in [3.8, 4) is 0 Å². The smallest absolute Gasteiger partial charge is 0.408 e. The van der Waals surface area contributed by atoms with E-state index < -0.39 is 5.76 Å². The summed E-state index contributed by atoms with van der Waals surface area (Å²) in [5, 5.41) is 3.72. The zero-order chi connectivity index (χ0) is 17.9. The monoisotopic (exact) mass is 352 g/mol. The molecule has 0 amide bonds. The highest BCUT2D eigenvalue weighted by molar-refractivity contribution is 5.72. The van der Waals surface area contributed by atoms with Gasteiger partial charge in [-0.3, -0.25) is 14.9 Å². The number of aromatic amines is 1. The lowest BCUT2D eigenvalue weighted by atomic mass is 10.0. The molecule has 2 aromatic heterocycles. The van der Waals surface area contributed by atoms with E-state index in [0.717, 1.165) is 43.6 Å². The molecular weight excluding hydrogens is 328 g/mol. The molecule has 6 heteroatoms. The molecule has 4 rings (SSSR count). The van der Waals surface area contributed by atoms with Crippen LogP contribution in [0, 0.1) is 0 Å². The number of benzene rings is 1. The van der Waals surface area contributed by atoms with E-state index >= 15 is 0 Å². The largest absolute Gasteiger partial charge is 0.417 e. The van der Waals surface area contributed by atoms with E-state index in [2.05, 4.69) is 33.2 Å². The van der Waals surface area contributed by atoms with Gasteiger partial charge in [-0.15, -0.1) is 0 Å². The van der Waals surface area contributed by atoms with Gasteiger partial charge in [-0.2, -0.15) is 0 Å². The van der Waals surface area contributed by atoms with Crippen LogP contribution in [-0.2, 0) is 6.54 Å². The molecule has 26 heavy (non-hydrogen) atoms. The predicted molar refractivity (Wildman–Crippen MR) is 101 cm³/mol. The molecule has 0 radical (unpaired) electrons. The van der Waals surface area contributed by atoms with Gasteiger partial charge in [0.2, 0.25) is 0 Å². The molecule has 0 aliphatic carbocycles. The Morgan fingerprint density at radius 2 is 2.19 bits per heavy atom. The third kappa shape index (κ3) is 3.86. The number of oxazole rings is 1. The first-order valence-electron chi connectivity index (χ1n) is 9.17. The van der Waals surface area contributed by atoms with Crippen molar-refractivity contribution in [3.63, 3.8) is 0 Å². The van der Waals surface area contributed by atoms with Crippen molar-refractivity contribution in [2.24, 2.45) is 0 Å². The van der Waals surface area contributed by atoms with Crippen LogP contribution in [0.1, 0.15) is 36.9 Å². The normalized spacial score (nSPS) is 17.6. The lowest BCUT2D eigenvalue weighted by molar-refractivity contribution is 0.185. The van der Waals surface area contributed by atoms with Gasteiger partial charge in [0.25, 0.3) is 0 Å². The van der Waals surface area contributed by atoms with Crippen LogP contribution < -0.4 is 11.1 Å². The van der Waals surface area contributed by atoms with Gasteiger partial charge < -0.3 is 9.73 Å².